The second-order valence-electron chi connectivity index (χ2n) is 6.54. The minimum absolute atomic E-state index is 0.288. The number of aromatic nitrogens is 2. The van der Waals surface area contributed by atoms with Gasteiger partial charge in [-0.05, 0) is 12.5 Å². The van der Waals surface area contributed by atoms with Crippen molar-refractivity contribution in [3.63, 3.8) is 0 Å². The van der Waals surface area contributed by atoms with Crippen molar-refractivity contribution in [3.8, 4) is 17.2 Å². The average Bonchev–Trinajstić information content (AvgIpc) is 2.76. The number of rotatable bonds is 6. The number of piperazine rings is 1. The van der Waals surface area contributed by atoms with Gasteiger partial charge in [0.15, 0.2) is 11.5 Å². The molecule has 3 rings (SSSR count). The lowest BCUT2D eigenvalue weighted by atomic mass is 10.2. The highest BCUT2D eigenvalue weighted by molar-refractivity contribution is 5.97. The molecule has 10 heteroatoms. The van der Waals surface area contributed by atoms with E-state index in [4.69, 9.17) is 24.7 Å². The summed E-state index contributed by atoms with van der Waals surface area (Å²) in [4.78, 5) is 24.8. The second-order valence-corrected chi connectivity index (χ2v) is 6.54. The molecule has 158 valence electrons. The molecule has 0 bridgehead atoms. The number of methoxy groups -OCH3 is 3. The van der Waals surface area contributed by atoms with Gasteiger partial charge in [0.1, 0.15) is 11.3 Å². The lowest BCUT2D eigenvalue weighted by Gasteiger charge is -2.34. The van der Waals surface area contributed by atoms with Crippen molar-refractivity contribution in [1.29, 1.82) is 0 Å². The van der Waals surface area contributed by atoms with Crippen LogP contribution in [0.25, 0.3) is 10.9 Å². The van der Waals surface area contributed by atoms with Crippen molar-refractivity contribution in [1.82, 2.24) is 14.9 Å². The summed E-state index contributed by atoms with van der Waals surface area (Å²) >= 11 is 0. The first kappa shape index (κ1) is 20.6. The molecular weight excluding hydrogens is 378 g/mol. The Morgan fingerprint density at radius 3 is 2.34 bits per heavy atom. The number of hydrogen-bond acceptors (Lipinski definition) is 9. The number of hydrogen-bond donors (Lipinski definition) is 1. The number of anilines is 2. The van der Waals surface area contributed by atoms with Gasteiger partial charge in [-0.2, -0.15) is 4.98 Å². The molecule has 2 N–H and O–H groups in total. The van der Waals surface area contributed by atoms with Crippen molar-refractivity contribution < 1.29 is 23.7 Å². The Bertz CT molecular complexity index is 883. The number of carbonyl (C=O) groups excluding carboxylic acids is 1. The normalized spacial score (nSPS) is 14.1. The van der Waals surface area contributed by atoms with E-state index in [9.17, 15) is 4.79 Å². The first-order valence-corrected chi connectivity index (χ1v) is 9.46. The van der Waals surface area contributed by atoms with E-state index in [0.29, 0.717) is 72.7 Å². The zero-order valence-electron chi connectivity index (χ0n) is 17.2. The van der Waals surface area contributed by atoms with E-state index in [1.54, 1.807) is 18.1 Å². The third-order valence-electron chi connectivity index (χ3n) is 4.76. The molecule has 1 aromatic carbocycles. The van der Waals surface area contributed by atoms with Gasteiger partial charge in [-0.25, -0.2) is 9.78 Å². The van der Waals surface area contributed by atoms with Crippen LogP contribution in [-0.2, 0) is 4.74 Å². The third-order valence-corrected chi connectivity index (χ3v) is 4.76. The Morgan fingerprint density at radius 1 is 1.07 bits per heavy atom. The zero-order chi connectivity index (χ0) is 21.0. The van der Waals surface area contributed by atoms with Crippen molar-refractivity contribution in [2.24, 2.45) is 0 Å². The highest BCUT2D eigenvalue weighted by Crippen LogP contribution is 2.44. The van der Waals surface area contributed by atoms with E-state index < -0.39 is 0 Å². The van der Waals surface area contributed by atoms with E-state index in [1.807, 2.05) is 11.8 Å². The molecule has 1 fully saturated rings. The minimum atomic E-state index is -0.288. The van der Waals surface area contributed by atoms with E-state index in [2.05, 4.69) is 9.97 Å². The van der Waals surface area contributed by atoms with Crippen LogP contribution in [0.1, 0.15) is 13.3 Å². The van der Waals surface area contributed by atoms with E-state index in [1.165, 1.54) is 14.2 Å². The van der Waals surface area contributed by atoms with Crippen LogP contribution in [-0.4, -0.2) is 75.1 Å². The molecule has 2 heterocycles. The lowest BCUT2D eigenvalue weighted by molar-refractivity contribution is 0.100. The molecule has 29 heavy (non-hydrogen) atoms. The summed E-state index contributed by atoms with van der Waals surface area (Å²) in [7, 11) is 4.61. The summed E-state index contributed by atoms with van der Waals surface area (Å²) in [6.45, 7) is 4.57. The van der Waals surface area contributed by atoms with Gasteiger partial charge in [0.05, 0.1) is 33.3 Å². The molecule has 1 aliphatic rings. The molecule has 1 amide bonds. The van der Waals surface area contributed by atoms with Gasteiger partial charge in [-0.3, -0.25) is 0 Å². The molecular formula is C19H27N5O5. The van der Waals surface area contributed by atoms with Crippen LogP contribution in [0.5, 0.6) is 17.2 Å². The van der Waals surface area contributed by atoms with Crippen molar-refractivity contribution in [3.05, 3.63) is 6.07 Å². The fraction of sp³-hybridized carbons (Fsp3) is 0.526. The number of ether oxygens (including phenoxy) is 4. The molecule has 1 aromatic heterocycles. The van der Waals surface area contributed by atoms with Gasteiger partial charge in [-0.15, -0.1) is 0 Å². The fourth-order valence-electron chi connectivity index (χ4n) is 3.25. The number of benzene rings is 1. The van der Waals surface area contributed by atoms with Crippen LogP contribution in [0.3, 0.4) is 0 Å². The summed E-state index contributed by atoms with van der Waals surface area (Å²) in [5, 5.41) is 0.616. The Kier molecular flexibility index (Phi) is 6.30. The van der Waals surface area contributed by atoms with Gasteiger partial charge >= 0.3 is 6.09 Å². The smallest absolute Gasteiger partial charge is 0.409 e. The number of nitrogen functional groups attached to an aromatic ring is 1. The summed E-state index contributed by atoms with van der Waals surface area (Å²) in [5.41, 5.74) is 6.76. The topological polar surface area (TPSA) is 112 Å². The largest absolute Gasteiger partial charge is 0.493 e. The molecule has 10 nitrogen and oxygen atoms in total. The van der Waals surface area contributed by atoms with Crippen LogP contribution in [0.15, 0.2) is 6.07 Å². The maximum absolute atomic E-state index is 12.0. The molecule has 0 unspecified atom stereocenters. The third kappa shape index (κ3) is 4.01. The molecule has 0 radical (unpaired) electrons. The Hall–Kier alpha value is -3.17. The zero-order valence-corrected chi connectivity index (χ0v) is 17.2. The number of nitrogens with zero attached hydrogens (tertiary/aromatic N) is 4. The Balaban J connectivity index is 1.89. The van der Waals surface area contributed by atoms with Crippen LogP contribution < -0.4 is 24.8 Å². The fourth-order valence-corrected chi connectivity index (χ4v) is 3.25. The van der Waals surface area contributed by atoms with Gasteiger partial charge in [0, 0.05) is 26.2 Å². The quantitative estimate of drug-likeness (QED) is 0.770. The summed E-state index contributed by atoms with van der Waals surface area (Å²) in [6.07, 6.45) is 0.510. The molecule has 1 aliphatic heterocycles. The standard InChI is InChI=1S/C19H27N5O5/c1-5-10-29-19(25)24-8-6-23(7-9-24)18-21-14-12(17(20)22-18)11-13(26-2)15(27-3)16(14)28-4/h11H,5-10H2,1-4H3,(H2,20,21,22). The van der Waals surface area contributed by atoms with Crippen molar-refractivity contribution in [2.45, 2.75) is 13.3 Å². The first-order valence-electron chi connectivity index (χ1n) is 9.46. The number of nitrogens with two attached hydrogens (primary N) is 1. The molecule has 0 saturated carbocycles. The van der Waals surface area contributed by atoms with E-state index in [-0.39, 0.29) is 6.09 Å². The van der Waals surface area contributed by atoms with Gasteiger partial charge in [0.2, 0.25) is 11.7 Å². The summed E-state index contributed by atoms with van der Waals surface area (Å²) in [6, 6.07) is 1.73. The van der Waals surface area contributed by atoms with E-state index >= 15 is 0 Å². The SMILES string of the molecule is CCCOC(=O)N1CCN(c2nc(N)c3cc(OC)c(OC)c(OC)c3n2)CC1. The number of amides is 1. The minimum Gasteiger partial charge on any atom is -0.493 e. The predicted octanol–water partition coefficient (Wildman–Crippen LogP) is 1.91. The van der Waals surface area contributed by atoms with Crippen LogP contribution in [0.2, 0.25) is 0 Å². The second kappa shape index (κ2) is 8.89. The Labute approximate surface area is 169 Å². The molecule has 1 saturated heterocycles. The molecule has 0 spiro atoms. The highest BCUT2D eigenvalue weighted by atomic mass is 16.6. The molecule has 0 atom stereocenters. The van der Waals surface area contributed by atoms with Crippen molar-refractivity contribution >= 4 is 28.8 Å². The van der Waals surface area contributed by atoms with Crippen LogP contribution in [0.4, 0.5) is 16.6 Å². The summed E-state index contributed by atoms with van der Waals surface area (Å²) < 4.78 is 21.6. The molecule has 2 aromatic rings. The highest BCUT2D eigenvalue weighted by Gasteiger charge is 2.26. The van der Waals surface area contributed by atoms with Gasteiger partial charge in [-0.1, -0.05) is 6.92 Å². The summed E-state index contributed by atoms with van der Waals surface area (Å²) in [5.74, 6) is 2.14. The molecule has 0 aliphatic carbocycles. The average molecular weight is 405 g/mol. The Morgan fingerprint density at radius 2 is 1.76 bits per heavy atom. The number of fused-ring (bicyclic) bond motifs is 1. The number of carbonyl (C=O) groups is 1. The van der Waals surface area contributed by atoms with E-state index in [0.717, 1.165) is 6.42 Å². The maximum Gasteiger partial charge on any atom is 0.409 e. The lowest BCUT2D eigenvalue weighted by Crippen LogP contribution is -2.49. The monoisotopic (exact) mass is 405 g/mol. The van der Waals surface area contributed by atoms with Gasteiger partial charge in [0.25, 0.3) is 0 Å². The predicted molar refractivity (Wildman–Crippen MR) is 109 cm³/mol. The maximum atomic E-state index is 12.0. The van der Waals surface area contributed by atoms with Crippen LogP contribution >= 0.6 is 0 Å². The first-order chi connectivity index (χ1) is 14.0. The van der Waals surface area contributed by atoms with Gasteiger partial charge < -0.3 is 34.5 Å². The van der Waals surface area contributed by atoms with Crippen LogP contribution in [0, 0.1) is 0 Å². The van der Waals surface area contributed by atoms with Crippen molar-refractivity contribution in [2.75, 3.05) is 64.7 Å².